The summed E-state index contributed by atoms with van der Waals surface area (Å²) < 4.78 is 7.30. The molecule has 0 radical (unpaired) electrons. The maximum Gasteiger partial charge on any atom is 0.265 e. The van der Waals surface area contributed by atoms with Crippen LogP contribution in [0.2, 0.25) is 5.02 Å². The second-order valence-corrected chi connectivity index (χ2v) is 6.14. The fraction of sp³-hybridized carbons (Fsp3) is 0.294. The first-order valence-corrected chi connectivity index (χ1v) is 8.23. The number of hydrogen-bond donors (Lipinski definition) is 1. The minimum absolute atomic E-state index is 0.0869. The number of aryl methyl sites for hydroxylation is 3. The van der Waals surface area contributed by atoms with E-state index in [1.807, 2.05) is 38.2 Å². The van der Waals surface area contributed by atoms with Crippen LogP contribution in [0.25, 0.3) is 11.6 Å². The van der Waals surface area contributed by atoms with Gasteiger partial charge in [0.25, 0.3) is 5.89 Å². The zero-order chi connectivity index (χ0) is 17.8. The molecule has 0 bridgehead atoms. The zero-order valence-electron chi connectivity index (χ0n) is 14.0. The summed E-state index contributed by atoms with van der Waals surface area (Å²) in [5.41, 5.74) is 2.58. The van der Waals surface area contributed by atoms with Gasteiger partial charge in [-0.1, -0.05) is 23.7 Å². The molecule has 1 aromatic carbocycles. The molecular weight excluding hydrogens is 342 g/mol. The van der Waals surface area contributed by atoms with Crippen molar-refractivity contribution in [3.63, 3.8) is 0 Å². The van der Waals surface area contributed by atoms with E-state index in [2.05, 4.69) is 20.6 Å². The van der Waals surface area contributed by atoms with Crippen molar-refractivity contribution in [3.8, 4) is 11.6 Å². The molecule has 3 aromatic rings. The lowest BCUT2D eigenvalue weighted by Gasteiger charge is -2.04. The molecule has 0 saturated carbocycles. The van der Waals surface area contributed by atoms with Crippen LogP contribution < -0.4 is 5.32 Å². The summed E-state index contributed by atoms with van der Waals surface area (Å²) >= 11 is 5.92. The third-order valence-electron chi connectivity index (χ3n) is 3.63. The van der Waals surface area contributed by atoms with Crippen LogP contribution in [0.15, 0.2) is 34.7 Å². The molecule has 2 heterocycles. The van der Waals surface area contributed by atoms with Gasteiger partial charge in [0.05, 0.1) is 5.69 Å². The van der Waals surface area contributed by atoms with Gasteiger partial charge in [-0.15, -0.1) is 10.2 Å². The molecule has 0 saturated heterocycles. The Morgan fingerprint density at radius 3 is 2.88 bits per heavy atom. The molecule has 0 aliphatic rings. The molecule has 0 fully saturated rings. The highest BCUT2D eigenvalue weighted by atomic mass is 35.5. The molecule has 0 atom stereocenters. The van der Waals surface area contributed by atoms with Crippen LogP contribution in [-0.2, 0) is 24.8 Å². The van der Waals surface area contributed by atoms with E-state index in [9.17, 15) is 4.79 Å². The van der Waals surface area contributed by atoms with Gasteiger partial charge in [0.2, 0.25) is 11.8 Å². The Balaban J connectivity index is 1.52. The summed E-state index contributed by atoms with van der Waals surface area (Å²) in [5.74, 6) is 0.736. The van der Waals surface area contributed by atoms with Crippen molar-refractivity contribution in [2.75, 3.05) is 0 Å². The first-order valence-electron chi connectivity index (χ1n) is 7.86. The number of nitrogens with one attached hydrogen (secondary N) is 1. The molecule has 0 unspecified atom stereocenters. The van der Waals surface area contributed by atoms with Crippen LogP contribution in [0.3, 0.4) is 0 Å². The molecular formula is C17H18ClN5O2. The number of benzene rings is 1. The van der Waals surface area contributed by atoms with Crippen LogP contribution in [0.4, 0.5) is 0 Å². The lowest BCUT2D eigenvalue weighted by atomic mass is 10.2. The molecule has 0 aliphatic heterocycles. The van der Waals surface area contributed by atoms with Crippen LogP contribution in [0.1, 0.15) is 23.6 Å². The third-order valence-corrected chi connectivity index (χ3v) is 3.87. The summed E-state index contributed by atoms with van der Waals surface area (Å²) in [5, 5.41) is 15.7. The van der Waals surface area contributed by atoms with Crippen molar-refractivity contribution < 1.29 is 9.21 Å². The third kappa shape index (κ3) is 4.45. The maximum absolute atomic E-state index is 12.0. The number of hydrogen-bond acceptors (Lipinski definition) is 5. The Kier molecular flexibility index (Phi) is 5.14. The minimum atomic E-state index is -0.0869. The van der Waals surface area contributed by atoms with E-state index in [1.54, 1.807) is 10.7 Å². The maximum atomic E-state index is 12.0. The molecule has 1 N–H and O–H groups in total. The Hall–Kier alpha value is -2.67. The van der Waals surface area contributed by atoms with Gasteiger partial charge in [0.15, 0.2) is 0 Å². The lowest BCUT2D eigenvalue weighted by molar-refractivity contribution is -0.121. The fourth-order valence-electron chi connectivity index (χ4n) is 2.43. The van der Waals surface area contributed by atoms with Crippen molar-refractivity contribution in [2.45, 2.75) is 26.3 Å². The average Bonchev–Trinajstić information content (AvgIpc) is 3.17. The average molecular weight is 360 g/mol. The number of carbonyl (C=O) groups excluding carboxylic acids is 1. The molecule has 3 rings (SSSR count). The number of amides is 1. The largest absolute Gasteiger partial charge is 0.419 e. The highest BCUT2D eigenvalue weighted by Gasteiger charge is 2.14. The number of carbonyl (C=O) groups is 1. The minimum Gasteiger partial charge on any atom is -0.419 e. The molecule has 7 nitrogen and oxygen atoms in total. The molecule has 8 heteroatoms. The summed E-state index contributed by atoms with van der Waals surface area (Å²) in [6.45, 7) is 2.33. The zero-order valence-corrected chi connectivity index (χ0v) is 14.7. The summed E-state index contributed by atoms with van der Waals surface area (Å²) in [7, 11) is 1.81. The SMILES string of the molecule is Cc1cc(-c2nnc(CCC(=O)NCc3cccc(Cl)c3)o2)n(C)n1. The van der Waals surface area contributed by atoms with Gasteiger partial charge >= 0.3 is 0 Å². The number of nitrogens with zero attached hydrogens (tertiary/aromatic N) is 4. The first-order chi connectivity index (χ1) is 12.0. The quantitative estimate of drug-likeness (QED) is 0.731. The second kappa shape index (κ2) is 7.48. The Labute approximate surface area is 150 Å². The van der Waals surface area contributed by atoms with Gasteiger partial charge in [0, 0.05) is 31.5 Å². The van der Waals surface area contributed by atoms with E-state index in [1.165, 1.54) is 0 Å². The predicted molar refractivity (Wildman–Crippen MR) is 92.9 cm³/mol. The molecule has 1 amide bonds. The van der Waals surface area contributed by atoms with E-state index < -0.39 is 0 Å². The van der Waals surface area contributed by atoms with Crippen molar-refractivity contribution in [1.82, 2.24) is 25.3 Å². The van der Waals surface area contributed by atoms with Gasteiger partial charge < -0.3 is 9.73 Å². The molecule has 25 heavy (non-hydrogen) atoms. The van der Waals surface area contributed by atoms with Gasteiger partial charge in [0.1, 0.15) is 5.69 Å². The van der Waals surface area contributed by atoms with Gasteiger partial charge in [-0.25, -0.2) is 0 Å². The van der Waals surface area contributed by atoms with Crippen LogP contribution in [0, 0.1) is 6.92 Å². The Morgan fingerprint density at radius 1 is 1.32 bits per heavy atom. The van der Waals surface area contributed by atoms with E-state index >= 15 is 0 Å². The summed E-state index contributed by atoms with van der Waals surface area (Å²) in [6.07, 6.45) is 0.651. The monoisotopic (exact) mass is 359 g/mol. The second-order valence-electron chi connectivity index (χ2n) is 5.70. The van der Waals surface area contributed by atoms with Crippen molar-refractivity contribution in [2.24, 2.45) is 7.05 Å². The molecule has 130 valence electrons. The van der Waals surface area contributed by atoms with Gasteiger partial charge in [-0.05, 0) is 30.7 Å². The van der Waals surface area contributed by atoms with Crippen LogP contribution >= 0.6 is 11.6 Å². The normalized spacial score (nSPS) is 10.8. The number of halogens is 1. The van der Waals surface area contributed by atoms with E-state index in [0.29, 0.717) is 29.8 Å². The topological polar surface area (TPSA) is 85.8 Å². The summed E-state index contributed by atoms with van der Waals surface area (Å²) in [6, 6.07) is 9.25. The van der Waals surface area contributed by atoms with Crippen molar-refractivity contribution in [1.29, 1.82) is 0 Å². The van der Waals surface area contributed by atoms with Crippen molar-refractivity contribution >= 4 is 17.5 Å². The number of aromatic nitrogens is 4. The first kappa shape index (κ1) is 17.2. The number of rotatable bonds is 6. The van der Waals surface area contributed by atoms with E-state index in [-0.39, 0.29) is 12.3 Å². The van der Waals surface area contributed by atoms with Gasteiger partial charge in [-0.2, -0.15) is 5.10 Å². The van der Waals surface area contributed by atoms with Gasteiger partial charge in [-0.3, -0.25) is 9.48 Å². The summed E-state index contributed by atoms with van der Waals surface area (Å²) in [4.78, 5) is 12.0. The smallest absolute Gasteiger partial charge is 0.265 e. The van der Waals surface area contributed by atoms with E-state index in [0.717, 1.165) is 17.0 Å². The fourth-order valence-corrected chi connectivity index (χ4v) is 2.64. The standard InChI is InChI=1S/C17H18ClN5O2/c1-11-8-14(23(2)22-11)17-21-20-16(25-17)7-6-15(24)19-10-12-4-3-5-13(18)9-12/h3-5,8-9H,6-7,10H2,1-2H3,(H,19,24). The Bertz CT molecular complexity index is 887. The lowest BCUT2D eigenvalue weighted by Crippen LogP contribution is -2.23. The Morgan fingerprint density at radius 2 is 2.16 bits per heavy atom. The van der Waals surface area contributed by atoms with Crippen LogP contribution in [-0.4, -0.2) is 25.9 Å². The predicted octanol–water partition coefficient (Wildman–Crippen LogP) is 2.68. The van der Waals surface area contributed by atoms with Crippen molar-refractivity contribution in [3.05, 3.63) is 52.5 Å². The molecule has 0 spiro atoms. The highest BCUT2D eigenvalue weighted by Crippen LogP contribution is 2.18. The molecule has 2 aromatic heterocycles. The van der Waals surface area contributed by atoms with E-state index in [4.69, 9.17) is 16.0 Å². The highest BCUT2D eigenvalue weighted by molar-refractivity contribution is 6.30. The van der Waals surface area contributed by atoms with Crippen LogP contribution in [0.5, 0.6) is 0 Å². The molecule has 0 aliphatic carbocycles.